The van der Waals surface area contributed by atoms with Gasteiger partial charge in [-0.05, 0) is 79.3 Å². The van der Waals surface area contributed by atoms with Crippen LogP contribution in [0.2, 0.25) is 0 Å². The van der Waals surface area contributed by atoms with Crippen LogP contribution >= 0.6 is 0 Å². The van der Waals surface area contributed by atoms with E-state index in [9.17, 15) is 9.59 Å². The lowest BCUT2D eigenvalue weighted by molar-refractivity contribution is -0.147. The molecule has 0 spiro atoms. The number of hydrogen-bond acceptors (Lipinski definition) is 4. The fraction of sp³-hybridized carbons (Fsp3) is 0.659. The second kappa shape index (κ2) is 15.6. The number of benzene rings is 2. The van der Waals surface area contributed by atoms with Crippen molar-refractivity contribution in [3.05, 3.63) is 53.3 Å². The minimum Gasteiger partial charge on any atom is -0.485 e. The molecular formula is C41H56N2O4. The lowest BCUT2D eigenvalue weighted by atomic mass is 9.88. The summed E-state index contributed by atoms with van der Waals surface area (Å²) in [6.07, 6.45) is 25.1. The zero-order valence-corrected chi connectivity index (χ0v) is 28.5. The van der Waals surface area contributed by atoms with Crippen LogP contribution in [0.4, 0.5) is 0 Å². The highest BCUT2D eigenvalue weighted by Crippen LogP contribution is 2.41. The number of nitrogens with zero attached hydrogens (tertiary/aromatic N) is 2. The number of amides is 2. The van der Waals surface area contributed by atoms with Crippen molar-refractivity contribution in [2.75, 3.05) is 13.2 Å². The van der Waals surface area contributed by atoms with Crippen molar-refractivity contribution in [1.82, 2.24) is 9.80 Å². The fourth-order valence-electron chi connectivity index (χ4n) is 9.71. The van der Waals surface area contributed by atoms with E-state index in [1.54, 1.807) is 0 Å². The SMILES string of the molecule is O=C(COC1=Cc2cccc3cccc(c23)C1OCC(=O)N(C1CCCCC1)C1CCCCC1)N(C1CCCCC1)C1CCCCC1. The van der Waals surface area contributed by atoms with Crippen molar-refractivity contribution in [2.45, 2.75) is 159 Å². The number of carbonyl (C=O) groups is 2. The van der Waals surface area contributed by atoms with Crippen LogP contribution in [0.3, 0.4) is 0 Å². The molecule has 5 aliphatic rings. The number of hydrogen-bond donors (Lipinski definition) is 0. The summed E-state index contributed by atoms with van der Waals surface area (Å²) in [5.74, 6) is 0.870. The Bertz CT molecular complexity index is 1350. The van der Waals surface area contributed by atoms with Crippen LogP contribution in [0.5, 0.6) is 0 Å². The minimum absolute atomic E-state index is 0.0149. The molecule has 47 heavy (non-hydrogen) atoms. The molecule has 254 valence electrons. The van der Waals surface area contributed by atoms with Crippen LogP contribution in [-0.2, 0) is 19.1 Å². The van der Waals surface area contributed by atoms with Crippen molar-refractivity contribution in [3.8, 4) is 0 Å². The summed E-state index contributed by atoms with van der Waals surface area (Å²) in [6, 6.07) is 13.9. The van der Waals surface area contributed by atoms with E-state index in [2.05, 4.69) is 52.3 Å². The largest absolute Gasteiger partial charge is 0.485 e. The molecule has 2 aromatic carbocycles. The molecule has 0 radical (unpaired) electrons. The Morgan fingerprint density at radius 3 is 1.51 bits per heavy atom. The van der Waals surface area contributed by atoms with Crippen LogP contribution in [0, 0.1) is 0 Å². The Labute approximate surface area is 282 Å². The Balaban J connectivity index is 1.12. The molecule has 0 bridgehead atoms. The van der Waals surface area contributed by atoms with Crippen molar-refractivity contribution in [3.63, 3.8) is 0 Å². The van der Waals surface area contributed by atoms with Gasteiger partial charge in [0.2, 0.25) is 5.91 Å². The van der Waals surface area contributed by atoms with Crippen molar-refractivity contribution >= 4 is 28.7 Å². The highest BCUT2D eigenvalue weighted by molar-refractivity contribution is 5.96. The molecule has 7 rings (SSSR count). The molecule has 5 aliphatic carbocycles. The van der Waals surface area contributed by atoms with Gasteiger partial charge in [-0.15, -0.1) is 0 Å². The van der Waals surface area contributed by atoms with E-state index < -0.39 is 6.10 Å². The summed E-state index contributed by atoms with van der Waals surface area (Å²) in [4.78, 5) is 32.8. The van der Waals surface area contributed by atoms with Crippen LogP contribution in [-0.4, -0.2) is 59.0 Å². The molecule has 4 saturated carbocycles. The summed E-state index contributed by atoms with van der Waals surface area (Å²) in [6.45, 7) is 0.0438. The molecule has 0 saturated heterocycles. The third kappa shape index (κ3) is 7.43. The van der Waals surface area contributed by atoms with Crippen molar-refractivity contribution < 1.29 is 19.1 Å². The molecule has 1 unspecified atom stereocenters. The van der Waals surface area contributed by atoms with Gasteiger partial charge in [-0.1, -0.05) is 113 Å². The molecular weight excluding hydrogens is 584 g/mol. The number of carbonyl (C=O) groups excluding carboxylic acids is 2. The van der Waals surface area contributed by atoms with Gasteiger partial charge in [0.25, 0.3) is 5.91 Å². The van der Waals surface area contributed by atoms with Gasteiger partial charge in [0.15, 0.2) is 6.61 Å². The van der Waals surface area contributed by atoms with Gasteiger partial charge < -0.3 is 19.3 Å². The predicted octanol–water partition coefficient (Wildman–Crippen LogP) is 9.26. The van der Waals surface area contributed by atoms with Gasteiger partial charge in [0, 0.05) is 24.2 Å². The third-order valence-electron chi connectivity index (χ3n) is 12.0. The minimum atomic E-state index is -0.525. The normalized spacial score (nSPS) is 23.3. The molecule has 2 aromatic rings. The second-order valence-corrected chi connectivity index (χ2v) is 15.1. The maximum Gasteiger partial charge on any atom is 0.260 e. The summed E-state index contributed by atoms with van der Waals surface area (Å²) < 4.78 is 13.2. The zero-order valence-electron chi connectivity index (χ0n) is 28.5. The van der Waals surface area contributed by atoms with Crippen molar-refractivity contribution in [1.29, 1.82) is 0 Å². The predicted molar refractivity (Wildman–Crippen MR) is 188 cm³/mol. The van der Waals surface area contributed by atoms with Gasteiger partial charge in [-0.2, -0.15) is 0 Å². The van der Waals surface area contributed by atoms with Crippen LogP contribution in [0.15, 0.2) is 42.2 Å². The Kier molecular flexibility index (Phi) is 10.8. The van der Waals surface area contributed by atoms with E-state index in [4.69, 9.17) is 9.47 Å². The summed E-state index contributed by atoms with van der Waals surface area (Å²) in [5.41, 5.74) is 2.10. The van der Waals surface area contributed by atoms with Crippen LogP contribution < -0.4 is 0 Å². The van der Waals surface area contributed by atoms with Gasteiger partial charge >= 0.3 is 0 Å². The molecule has 6 heteroatoms. The summed E-state index contributed by atoms with van der Waals surface area (Å²) >= 11 is 0. The van der Waals surface area contributed by atoms with Gasteiger partial charge in [-0.25, -0.2) is 0 Å². The molecule has 1 atom stereocenters. The summed E-state index contributed by atoms with van der Waals surface area (Å²) in [7, 11) is 0. The molecule has 6 nitrogen and oxygen atoms in total. The lowest BCUT2D eigenvalue weighted by Crippen LogP contribution is -2.50. The maximum atomic E-state index is 14.2. The monoisotopic (exact) mass is 640 g/mol. The van der Waals surface area contributed by atoms with Crippen LogP contribution in [0.1, 0.15) is 146 Å². The van der Waals surface area contributed by atoms with Gasteiger partial charge in [-0.3, -0.25) is 9.59 Å². The average molecular weight is 641 g/mol. The quantitative estimate of drug-likeness (QED) is 0.260. The van der Waals surface area contributed by atoms with E-state index in [0.717, 1.165) is 73.3 Å². The van der Waals surface area contributed by atoms with E-state index in [1.807, 2.05) is 0 Å². The molecule has 0 N–H and O–H groups in total. The van der Waals surface area contributed by atoms with Crippen molar-refractivity contribution in [2.24, 2.45) is 0 Å². The molecule has 0 aromatic heterocycles. The number of ether oxygens (including phenoxy) is 2. The van der Waals surface area contributed by atoms with Gasteiger partial charge in [0.1, 0.15) is 18.5 Å². The van der Waals surface area contributed by atoms with E-state index in [1.165, 1.54) is 77.0 Å². The second-order valence-electron chi connectivity index (χ2n) is 15.1. The van der Waals surface area contributed by atoms with E-state index in [-0.39, 0.29) is 25.0 Å². The maximum absolute atomic E-state index is 14.2. The highest BCUT2D eigenvalue weighted by atomic mass is 16.5. The number of rotatable bonds is 10. The Hall–Kier alpha value is -2.86. The standard InChI is InChI=1S/C41H56N2O4/c44-38(42(32-18-5-1-6-19-32)33-20-7-2-8-21-33)28-46-37-27-31-17-13-15-30-16-14-26-36(40(30)31)41(37)47-29-39(45)43(34-22-9-3-10-23-34)35-24-11-4-12-25-35/h13-17,26-27,32-35,41H,1-12,18-25,28-29H2. The molecule has 0 heterocycles. The first-order chi connectivity index (χ1) is 23.2. The zero-order chi connectivity index (χ0) is 32.0. The Morgan fingerprint density at radius 2 is 1.02 bits per heavy atom. The summed E-state index contributed by atoms with van der Waals surface area (Å²) in [5, 5.41) is 2.30. The lowest BCUT2D eigenvalue weighted by Gasteiger charge is -2.42. The molecule has 4 fully saturated rings. The third-order valence-corrected chi connectivity index (χ3v) is 12.0. The van der Waals surface area contributed by atoms with Crippen LogP contribution in [0.25, 0.3) is 16.8 Å². The first-order valence-corrected chi connectivity index (χ1v) is 19.3. The average Bonchev–Trinajstić information content (AvgIpc) is 3.12. The molecule has 0 aliphatic heterocycles. The highest BCUT2D eigenvalue weighted by Gasteiger charge is 2.36. The first kappa shape index (κ1) is 32.7. The fourth-order valence-corrected chi connectivity index (χ4v) is 9.71. The molecule has 2 amide bonds. The smallest absolute Gasteiger partial charge is 0.260 e. The van der Waals surface area contributed by atoms with Gasteiger partial charge in [0.05, 0.1) is 0 Å². The van der Waals surface area contributed by atoms with E-state index in [0.29, 0.717) is 29.9 Å². The topological polar surface area (TPSA) is 59.1 Å². The van der Waals surface area contributed by atoms with E-state index >= 15 is 0 Å². The Morgan fingerprint density at radius 1 is 0.574 bits per heavy atom. The first-order valence-electron chi connectivity index (χ1n) is 19.3.